The van der Waals surface area contributed by atoms with Gasteiger partial charge >= 0.3 is 0 Å². The van der Waals surface area contributed by atoms with E-state index in [0.717, 1.165) is 12.1 Å². The zero-order chi connectivity index (χ0) is 14.9. The van der Waals surface area contributed by atoms with Gasteiger partial charge in [0.25, 0.3) is 5.91 Å². The van der Waals surface area contributed by atoms with E-state index in [1.807, 2.05) is 6.07 Å². The van der Waals surface area contributed by atoms with Crippen molar-refractivity contribution < 1.29 is 14.1 Å². The lowest BCUT2D eigenvalue weighted by atomic mass is 10.2. The molecule has 7 heteroatoms. The molecule has 0 radical (unpaired) electrons. The van der Waals surface area contributed by atoms with Crippen molar-refractivity contribution in [3.05, 3.63) is 36.3 Å². The Kier molecular flexibility index (Phi) is 5.86. The molecule has 0 fully saturated rings. The van der Waals surface area contributed by atoms with Crippen LogP contribution in [-0.4, -0.2) is 49.4 Å². The van der Waals surface area contributed by atoms with Gasteiger partial charge in [0.1, 0.15) is 0 Å². The number of hydrogen-bond donors (Lipinski definition) is 2. The first-order valence-electron chi connectivity index (χ1n) is 6.66. The van der Waals surface area contributed by atoms with Crippen molar-refractivity contribution in [2.45, 2.75) is 0 Å². The van der Waals surface area contributed by atoms with Gasteiger partial charge in [0.05, 0.1) is 6.61 Å². The molecule has 2 aromatic heterocycles. The molecule has 0 aromatic carbocycles. The first kappa shape index (κ1) is 15.1. The Hall–Kier alpha value is -2.25. The number of nitrogens with one attached hydrogen (secondary N) is 2. The van der Waals surface area contributed by atoms with Crippen LogP contribution in [0.15, 0.2) is 35.1 Å². The summed E-state index contributed by atoms with van der Waals surface area (Å²) in [6, 6.07) is 5.24. The average Bonchev–Trinajstić information content (AvgIpc) is 3.01. The molecular weight excluding hydrogens is 272 g/mol. The van der Waals surface area contributed by atoms with Crippen molar-refractivity contribution in [1.29, 1.82) is 0 Å². The van der Waals surface area contributed by atoms with E-state index in [1.54, 1.807) is 31.6 Å². The lowest BCUT2D eigenvalue weighted by molar-refractivity contribution is 0.0944. The van der Waals surface area contributed by atoms with Crippen LogP contribution in [0.1, 0.15) is 10.5 Å². The Bertz CT molecular complexity index is 556. The summed E-state index contributed by atoms with van der Waals surface area (Å²) >= 11 is 0. The minimum Gasteiger partial charge on any atom is -0.383 e. The molecule has 0 aliphatic carbocycles. The van der Waals surface area contributed by atoms with Crippen molar-refractivity contribution in [2.24, 2.45) is 0 Å². The molecule has 0 bridgehead atoms. The quantitative estimate of drug-likeness (QED) is 0.696. The number of carbonyl (C=O) groups is 1. The summed E-state index contributed by atoms with van der Waals surface area (Å²) in [7, 11) is 1.65. The number of amides is 1. The summed E-state index contributed by atoms with van der Waals surface area (Å²) in [6.45, 7) is 2.58. The number of nitrogens with zero attached hydrogens (tertiary/aromatic N) is 2. The highest BCUT2D eigenvalue weighted by atomic mass is 16.5. The molecular formula is C14H18N4O3. The SMILES string of the molecule is COCCNCCNC(=O)c1cc(-c2cccnc2)on1. The van der Waals surface area contributed by atoms with Crippen molar-refractivity contribution in [3.8, 4) is 11.3 Å². The number of carbonyl (C=O) groups excluding carboxylic acids is 1. The predicted molar refractivity (Wildman–Crippen MR) is 76.8 cm³/mol. The largest absolute Gasteiger partial charge is 0.383 e. The van der Waals surface area contributed by atoms with Crippen LogP contribution < -0.4 is 10.6 Å². The average molecular weight is 290 g/mol. The first-order chi connectivity index (χ1) is 10.3. The second kappa shape index (κ2) is 8.13. The molecule has 21 heavy (non-hydrogen) atoms. The van der Waals surface area contributed by atoms with Gasteiger partial charge in [0.15, 0.2) is 11.5 Å². The lowest BCUT2D eigenvalue weighted by Crippen LogP contribution is -2.33. The number of methoxy groups -OCH3 is 1. The van der Waals surface area contributed by atoms with Gasteiger partial charge in [-0.15, -0.1) is 0 Å². The fourth-order valence-corrected chi connectivity index (χ4v) is 1.68. The number of ether oxygens (including phenoxy) is 1. The first-order valence-corrected chi connectivity index (χ1v) is 6.66. The van der Waals surface area contributed by atoms with Gasteiger partial charge in [-0.25, -0.2) is 0 Å². The maximum absolute atomic E-state index is 11.9. The van der Waals surface area contributed by atoms with Crippen LogP contribution in [0, 0.1) is 0 Å². The molecule has 0 aliphatic heterocycles. The zero-order valence-electron chi connectivity index (χ0n) is 11.8. The number of pyridine rings is 1. The maximum Gasteiger partial charge on any atom is 0.273 e. The van der Waals surface area contributed by atoms with Crippen LogP contribution in [0.5, 0.6) is 0 Å². The smallest absolute Gasteiger partial charge is 0.273 e. The van der Waals surface area contributed by atoms with Crippen LogP contribution >= 0.6 is 0 Å². The Morgan fingerprint density at radius 3 is 3.05 bits per heavy atom. The minimum atomic E-state index is -0.262. The molecule has 2 rings (SSSR count). The second-order valence-electron chi connectivity index (χ2n) is 4.32. The van der Waals surface area contributed by atoms with Crippen LogP contribution in [0.25, 0.3) is 11.3 Å². The zero-order valence-corrected chi connectivity index (χ0v) is 11.8. The number of hydrogen-bond acceptors (Lipinski definition) is 6. The van der Waals surface area contributed by atoms with Gasteiger partial charge in [-0.2, -0.15) is 0 Å². The van der Waals surface area contributed by atoms with Crippen molar-refractivity contribution in [3.63, 3.8) is 0 Å². The molecule has 0 spiro atoms. The van der Waals surface area contributed by atoms with Gasteiger partial charge in [-0.1, -0.05) is 5.16 Å². The summed E-state index contributed by atoms with van der Waals surface area (Å²) in [5.74, 6) is 0.258. The van der Waals surface area contributed by atoms with Crippen LogP contribution in [0.4, 0.5) is 0 Å². The molecule has 0 saturated heterocycles. The van der Waals surface area contributed by atoms with Crippen molar-refractivity contribution in [2.75, 3.05) is 33.4 Å². The van der Waals surface area contributed by atoms with Gasteiger partial charge < -0.3 is 19.9 Å². The van der Waals surface area contributed by atoms with Crippen LogP contribution in [0.3, 0.4) is 0 Å². The summed E-state index contributed by atoms with van der Waals surface area (Å²) in [5, 5.41) is 9.66. The highest BCUT2D eigenvalue weighted by Gasteiger charge is 2.13. The highest BCUT2D eigenvalue weighted by molar-refractivity contribution is 5.93. The Labute approximate surface area is 122 Å². The normalized spacial score (nSPS) is 10.5. The monoisotopic (exact) mass is 290 g/mol. The predicted octanol–water partition coefficient (Wildman–Crippen LogP) is 0.702. The fourth-order valence-electron chi connectivity index (χ4n) is 1.68. The summed E-state index contributed by atoms with van der Waals surface area (Å²) in [5.41, 5.74) is 1.04. The van der Waals surface area contributed by atoms with E-state index < -0.39 is 0 Å². The van der Waals surface area contributed by atoms with Gasteiger partial charge in [0, 0.05) is 50.8 Å². The van der Waals surface area contributed by atoms with Crippen molar-refractivity contribution in [1.82, 2.24) is 20.8 Å². The van der Waals surface area contributed by atoms with E-state index in [-0.39, 0.29) is 11.6 Å². The Balaban J connectivity index is 1.80. The van der Waals surface area contributed by atoms with Crippen LogP contribution in [0.2, 0.25) is 0 Å². The molecule has 0 atom stereocenters. The molecule has 7 nitrogen and oxygen atoms in total. The number of aromatic nitrogens is 2. The lowest BCUT2D eigenvalue weighted by Gasteiger charge is -2.04. The van der Waals surface area contributed by atoms with E-state index in [0.29, 0.717) is 25.5 Å². The third kappa shape index (κ3) is 4.66. The van der Waals surface area contributed by atoms with Gasteiger partial charge in [0.2, 0.25) is 0 Å². The fraction of sp³-hybridized carbons (Fsp3) is 0.357. The second-order valence-corrected chi connectivity index (χ2v) is 4.32. The highest BCUT2D eigenvalue weighted by Crippen LogP contribution is 2.18. The van der Waals surface area contributed by atoms with E-state index in [9.17, 15) is 4.79 Å². The Morgan fingerprint density at radius 2 is 2.29 bits per heavy atom. The summed E-state index contributed by atoms with van der Waals surface area (Å²) < 4.78 is 10.1. The maximum atomic E-state index is 11.9. The molecule has 2 N–H and O–H groups in total. The van der Waals surface area contributed by atoms with Crippen molar-refractivity contribution >= 4 is 5.91 Å². The van der Waals surface area contributed by atoms with E-state index in [4.69, 9.17) is 9.26 Å². The standard InChI is InChI=1S/C14H18N4O3/c1-20-8-7-15-5-6-17-14(19)12-9-13(21-18-12)11-3-2-4-16-10-11/h2-4,9-10,15H,5-8H2,1H3,(H,17,19). The Morgan fingerprint density at radius 1 is 1.38 bits per heavy atom. The van der Waals surface area contributed by atoms with E-state index in [1.165, 1.54) is 0 Å². The minimum absolute atomic E-state index is 0.255. The molecule has 2 heterocycles. The van der Waals surface area contributed by atoms with Gasteiger partial charge in [-0.3, -0.25) is 9.78 Å². The third-order valence-electron chi connectivity index (χ3n) is 2.76. The summed E-state index contributed by atoms with van der Waals surface area (Å²) in [4.78, 5) is 15.9. The van der Waals surface area contributed by atoms with E-state index >= 15 is 0 Å². The number of rotatable bonds is 8. The topological polar surface area (TPSA) is 89.3 Å². The molecule has 0 unspecified atom stereocenters. The molecule has 2 aromatic rings. The van der Waals surface area contributed by atoms with Gasteiger partial charge in [-0.05, 0) is 12.1 Å². The summed E-state index contributed by atoms with van der Waals surface area (Å²) in [6.07, 6.45) is 3.33. The molecule has 0 saturated carbocycles. The molecule has 0 aliphatic rings. The van der Waals surface area contributed by atoms with Crippen LogP contribution in [-0.2, 0) is 4.74 Å². The van der Waals surface area contributed by atoms with E-state index in [2.05, 4.69) is 20.8 Å². The molecule has 112 valence electrons. The third-order valence-corrected chi connectivity index (χ3v) is 2.76. The molecule has 1 amide bonds.